The molecule has 1 amide bonds. The van der Waals surface area contributed by atoms with Gasteiger partial charge in [-0.05, 0) is 37.1 Å². The van der Waals surface area contributed by atoms with Crippen LogP contribution in [0.4, 0.5) is 0 Å². The summed E-state index contributed by atoms with van der Waals surface area (Å²) < 4.78 is 12.4. The van der Waals surface area contributed by atoms with Crippen LogP contribution in [-0.4, -0.2) is 52.7 Å². The van der Waals surface area contributed by atoms with E-state index in [2.05, 4.69) is 23.9 Å². The van der Waals surface area contributed by atoms with Gasteiger partial charge in [-0.2, -0.15) is 5.10 Å². The molecular weight excluding hydrogens is 356 g/mol. The van der Waals surface area contributed by atoms with Crippen molar-refractivity contribution >= 4 is 11.6 Å². The van der Waals surface area contributed by atoms with Gasteiger partial charge >= 0.3 is 0 Å². The number of methoxy groups -OCH3 is 2. The van der Waals surface area contributed by atoms with Crippen LogP contribution in [0.5, 0.6) is 11.5 Å². The van der Waals surface area contributed by atoms with Crippen LogP contribution in [0.25, 0.3) is 16.9 Å². The zero-order valence-corrected chi connectivity index (χ0v) is 16.8. The van der Waals surface area contributed by atoms with Crippen molar-refractivity contribution in [1.82, 2.24) is 19.5 Å². The Bertz CT molecular complexity index is 961. The average molecular weight is 382 g/mol. The summed E-state index contributed by atoms with van der Waals surface area (Å²) in [5, 5.41) is 4.45. The van der Waals surface area contributed by atoms with E-state index in [1.54, 1.807) is 31.1 Å². The van der Waals surface area contributed by atoms with E-state index in [-0.39, 0.29) is 5.91 Å². The molecule has 148 valence electrons. The molecule has 28 heavy (non-hydrogen) atoms. The predicted molar refractivity (Wildman–Crippen MR) is 108 cm³/mol. The van der Waals surface area contributed by atoms with Crippen molar-refractivity contribution in [2.45, 2.75) is 26.7 Å². The van der Waals surface area contributed by atoms with E-state index >= 15 is 0 Å². The number of fused-ring (bicyclic) bond motifs is 1. The Kier molecular flexibility index (Phi) is 6.13. The van der Waals surface area contributed by atoms with Gasteiger partial charge in [0, 0.05) is 24.8 Å². The average Bonchev–Trinajstić information content (AvgIpc) is 3.16. The van der Waals surface area contributed by atoms with Crippen molar-refractivity contribution in [1.29, 1.82) is 0 Å². The highest BCUT2D eigenvalue weighted by Gasteiger charge is 2.21. The van der Waals surface area contributed by atoms with Crippen molar-refractivity contribution in [2.75, 3.05) is 27.3 Å². The van der Waals surface area contributed by atoms with Crippen molar-refractivity contribution in [3.8, 4) is 22.8 Å². The summed E-state index contributed by atoms with van der Waals surface area (Å²) in [7, 11) is 3.20. The van der Waals surface area contributed by atoms with E-state index < -0.39 is 0 Å². The lowest BCUT2D eigenvalue weighted by atomic mass is 10.1. The van der Waals surface area contributed by atoms with Gasteiger partial charge in [0.05, 0.1) is 26.1 Å². The molecular formula is C21H26N4O3. The summed E-state index contributed by atoms with van der Waals surface area (Å²) in [5.74, 6) is 1.25. The minimum atomic E-state index is -0.0318. The lowest BCUT2D eigenvalue weighted by molar-refractivity contribution is 0.0757. The molecule has 0 bridgehead atoms. The van der Waals surface area contributed by atoms with Crippen LogP contribution in [0.1, 0.15) is 37.0 Å². The second kappa shape index (κ2) is 8.73. The van der Waals surface area contributed by atoms with Gasteiger partial charge in [-0.3, -0.25) is 4.79 Å². The Labute approximate surface area is 164 Å². The Morgan fingerprint density at radius 3 is 2.43 bits per heavy atom. The lowest BCUT2D eigenvalue weighted by Crippen LogP contribution is -2.32. The molecule has 0 atom stereocenters. The van der Waals surface area contributed by atoms with Gasteiger partial charge in [0.1, 0.15) is 5.56 Å². The first-order valence-corrected chi connectivity index (χ1v) is 9.49. The summed E-state index contributed by atoms with van der Waals surface area (Å²) in [6.07, 6.45) is 5.13. The van der Waals surface area contributed by atoms with Gasteiger partial charge in [-0.15, -0.1) is 0 Å². The molecule has 0 aliphatic rings. The number of carbonyl (C=O) groups is 1. The Morgan fingerprint density at radius 2 is 1.79 bits per heavy atom. The Balaban J connectivity index is 2.05. The minimum absolute atomic E-state index is 0.0318. The van der Waals surface area contributed by atoms with Crippen molar-refractivity contribution in [3.63, 3.8) is 0 Å². The monoisotopic (exact) mass is 382 g/mol. The third kappa shape index (κ3) is 3.65. The van der Waals surface area contributed by atoms with E-state index in [1.165, 1.54) is 0 Å². The van der Waals surface area contributed by atoms with Gasteiger partial charge in [0.25, 0.3) is 5.91 Å². The van der Waals surface area contributed by atoms with Gasteiger partial charge < -0.3 is 14.4 Å². The van der Waals surface area contributed by atoms with Crippen LogP contribution in [-0.2, 0) is 0 Å². The molecule has 3 aromatic rings. The summed E-state index contributed by atoms with van der Waals surface area (Å²) in [4.78, 5) is 19.3. The first-order chi connectivity index (χ1) is 13.6. The quantitative estimate of drug-likeness (QED) is 0.594. The Hall–Kier alpha value is -3.09. The number of carbonyl (C=O) groups excluding carboxylic acids is 1. The molecule has 0 unspecified atom stereocenters. The number of rotatable bonds is 8. The van der Waals surface area contributed by atoms with Crippen molar-refractivity contribution < 1.29 is 14.3 Å². The fraction of sp³-hybridized carbons (Fsp3) is 0.381. The van der Waals surface area contributed by atoms with E-state index in [0.29, 0.717) is 22.7 Å². The molecule has 0 aliphatic heterocycles. The van der Waals surface area contributed by atoms with Crippen molar-refractivity contribution in [2.24, 2.45) is 0 Å². The number of benzene rings is 1. The Morgan fingerprint density at radius 1 is 1.07 bits per heavy atom. The number of nitrogens with zero attached hydrogens (tertiary/aromatic N) is 4. The van der Waals surface area contributed by atoms with Crippen LogP contribution in [0, 0.1) is 0 Å². The first-order valence-electron chi connectivity index (χ1n) is 9.49. The molecule has 2 heterocycles. The molecule has 3 rings (SSSR count). The smallest absolute Gasteiger partial charge is 0.259 e. The zero-order valence-electron chi connectivity index (χ0n) is 16.8. The molecule has 7 heteroatoms. The summed E-state index contributed by atoms with van der Waals surface area (Å²) in [6.45, 7) is 5.58. The van der Waals surface area contributed by atoms with Gasteiger partial charge in [-0.1, -0.05) is 13.8 Å². The fourth-order valence-electron chi connectivity index (χ4n) is 3.28. The van der Waals surface area contributed by atoms with E-state index in [4.69, 9.17) is 9.47 Å². The highest BCUT2D eigenvalue weighted by Crippen LogP contribution is 2.32. The fourth-order valence-corrected chi connectivity index (χ4v) is 3.28. The van der Waals surface area contributed by atoms with Crippen LogP contribution >= 0.6 is 0 Å². The highest BCUT2D eigenvalue weighted by molar-refractivity contribution is 6.00. The molecule has 1 aromatic carbocycles. The van der Waals surface area contributed by atoms with E-state index in [0.717, 1.165) is 37.2 Å². The molecule has 0 radical (unpaired) electrons. The molecule has 2 aromatic heterocycles. The largest absolute Gasteiger partial charge is 0.493 e. The maximum atomic E-state index is 13.0. The van der Waals surface area contributed by atoms with Gasteiger partial charge in [0.15, 0.2) is 17.1 Å². The number of amides is 1. The number of hydrogen-bond acceptors (Lipinski definition) is 5. The molecule has 0 N–H and O–H groups in total. The maximum absolute atomic E-state index is 13.0. The third-order valence-corrected chi connectivity index (χ3v) is 4.59. The SMILES string of the molecule is CCCN(CCC)C(=O)c1cnn2c(-c3ccc(OC)c(OC)c3)ccnc12. The second-order valence-corrected chi connectivity index (χ2v) is 6.49. The molecule has 7 nitrogen and oxygen atoms in total. The second-order valence-electron chi connectivity index (χ2n) is 6.49. The summed E-state index contributed by atoms with van der Waals surface area (Å²) >= 11 is 0. The number of aromatic nitrogens is 3. The van der Waals surface area contributed by atoms with Crippen LogP contribution in [0.2, 0.25) is 0 Å². The van der Waals surface area contributed by atoms with Crippen molar-refractivity contribution in [3.05, 3.63) is 42.2 Å². The maximum Gasteiger partial charge on any atom is 0.259 e. The van der Waals surface area contributed by atoms with E-state index in [9.17, 15) is 4.79 Å². The summed E-state index contributed by atoms with van der Waals surface area (Å²) in [5.41, 5.74) is 2.78. The molecule has 0 saturated heterocycles. The minimum Gasteiger partial charge on any atom is -0.493 e. The van der Waals surface area contributed by atoms with Crippen LogP contribution < -0.4 is 9.47 Å². The molecule has 0 fully saturated rings. The summed E-state index contributed by atoms with van der Waals surface area (Å²) in [6, 6.07) is 7.53. The zero-order chi connectivity index (χ0) is 20.1. The molecule has 0 aliphatic carbocycles. The third-order valence-electron chi connectivity index (χ3n) is 4.59. The topological polar surface area (TPSA) is 69.0 Å². The normalized spacial score (nSPS) is 10.9. The molecule has 0 saturated carbocycles. The number of hydrogen-bond donors (Lipinski definition) is 0. The van der Waals surface area contributed by atoms with Crippen LogP contribution in [0.3, 0.4) is 0 Å². The highest BCUT2D eigenvalue weighted by atomic mass is 16.5. The molecule has 0 spiro atoms. The predicted octanol–water partition coefficient (Wildman–Crippen LogP) is 3.68. The first kappa shape index (κ1) is 19.7. The number of ether oxygens (including phenoxy) is 2. The van der Waals surface area contributed by atoms with Gasteiger partial charge in [-0.25, -0.2) is 9.50 Å². The van der Waals surface area contributed by atoms with E-state index in [1.807, 2.05) is 29.2 Å². The van der Waals surface area contributed by atoms with Crippen LogP contribution in [0.15, 0.2) is 36.7 Å². The van der Waals surface area contributed by atoms with Gasteiger partial charge in [0.2, 0.25) is 0 Å². The standard InChI is InChI=1S/C21H26N4O3/c1-5-11-24(12-6-2)21(26)16-14-23-25-17(9-10-22-20(16)25)15-7-8-18(27-3)19(13-15)28-4/h7-10,13-14H,5-6,11-12H2,1-4H3. The lowest BCUT2D eigenvalue weighted by Gasteiger charge is -2.20.